The van der Waals surface area contributed by atoms with E-state index in [9.17, 15) is 13.2 Å². The molecule has 0 aliphatic rings. The van der Waals surface area contributed by atoms with Crippen LogP contribution in [0, 0.1) is 6.92 Å². The Morgan fingerprint density at radius 3 is 2.34 bits per heavy atom. The number of thiophene rings is 1. The van der Waals surface area contributed by atoms with Gasteiger partial charge in [0.1, 0.15) is 16.4 Å². The molecule has 0 saturated carbocycles. The van der Waals surface area contributed by atoms with Gasteiger partial charge in [0.05, 0.1) is 24.8 Å². The highest BCUT2D eigenvalue weighted by molar-refractivity contribution is 7.89. The average molecular weight is 474 g/mol. The molecule has 0 spiro atoms. The maximum Gasteiger partial charge on any atom is 0.280 e. The third-order valence-electron chi connectivity index (χ3n) is 4.62. The highest BCUT2D eigenvalue weighted by Crippen LogP contribution is 2.28. The first-order chi connectivity index (χ1) is 15.2. The van der Waals surface area contributed by atoms with Crippen LogP contribution in [0.25, 0.3) is 0 Å². The Labute approximate surface area is 190 Å². The second-order valence-electron chi connectivity index (χ2n) is 6.77. The van der Waals surface area contributed by atoms with Gasteiger partial charge in [-0.2, -0.15) is 18.4 Å². The van der Waals surface area contributed by atoms with Gasteiger partial charge >= 0.3 is 0 Å². The molecule has 0 aliphatic carbocycles. The van der Waals surface area contributed by atoms with Crippen LogP contribution in [-0.2, 0) is 10.0 Å². The zero-order valence-electron chi connectivity index (χ0n) is 18.0. The molecule has 8 nitrogen and oxygen atoms in total. The summed E-state index contributed by atoms with van der Waals surface area (Å²) in [5.41, 5.74) is 2.70. The van der Waals surface area contributed by atoms with Crippen LogP contribution in [0.5, 0.6) is 11.5 Å². The number of nitrogens with one attached hydrogen (secondary N) is 2. The molecular formula is C22H23N3O5S2. The summed E-state index contributed by atoms with van der Waals surface area (Å²) in [6.07, 6.45) is 0. The molecule has 0 atom stereocenters. The van der Waals surface area contributed by atoms with Crippen LogP contribution in [0.15, 0.2) is 63.9 Å². The van der Waals surface area contributed by atoms with Crippen molar-refractivity contribution in [1.82, 2.24) is 4.83 Å². The van der Waals surface area contributed by atoms with Crippen molar-refractivity contribution in [3.05, 3.63) is 69.9 Å². The first kappa shape index (κ1) is 23.3. The second kappa shape index (κ2) is 9.84. The molecule has 3 aromatic rings. The van der Waals surface area contributed by atoms with Crippen LogP contribution in [0.1, 0.15) is 27.7 Å². The van der Waals surface area contributed by atoms with E-state index >= 15 is 0 Å². The molecule has 1 aromatic heterocycles. The van der Waals surface area contributed by atoms with Crippen molar-refractivity contribution in [2.24, 2.45) is 5.10 Å². The van der Waals surface area contributed by atoms with Gasteiger partial charge in [0, 0.05) is 11.8 Å². The number of aryl methyl sites for hydroxylation is 1. The molecule has 3 rings (SSSR count). The molecule has 0 saturated heterocycles. The molecule has 168 valence electrons. The predicted octanol–water partition coefficient (Wildman–Crippen LogP) is 4.03. The summed E-state index contributed by atoms with van der Waals surface area (Å²) >= 11 is 1.38. The quantitative estimate of drug-likeness (QED) is 0.380. The molecule has 0 aliphatic heterocycles. The van der Waals surface area contributed by atoms with Gasteiger partial charge in [-0.3, -0.25) is 4.79 Å². The maximum atomic E-state index is 12.7. The highest BCUT2D eigenvalue weighted by Gasteiger charge is 2.20. The van der Waals surface area contributed by atoms with E-state index in [-0.39, 0.29) is 16.6 Å². The first-order valence-electron chi connectivity index (χ1n) is 9.49. The lowest BCUT2D eigenvalue weighted by atomic mass is 10.1. The molecule has 1 heterocycles. The number of anilines is 1. The maximum absolute atomic E-state index is 12.7. The standard InChI is InChI=1S/C22H23N3O5S2/c1-14-11-12-31-21(14)22(26)23-17-7-5-16(6-8-17)15(2)24-25-32(27,28)20-10-9-18(29-3)13-19(20)30-4/h5-13,25H,1-4H3,(H,23,26)/b24-15-. The summed E-state index contributed by atoms with van der Waals surface area (Å²) in [7, 11) is -1.10. The number of rotatable bonds is 8. The zero-order valence-corrected chi connectivity index (χ0v) is 19.6. The van der Waals surface area contributed by atoms with Gasteiger partial charge in [0.2, 0.25) is 0 Å². The minimum Gasteiger partial charge on any atom is -0.497 e. The van der Waals surface area contributed by atoms with Gasteiger partial charge in [-0.05, 0) is 60.7 Å². The molecule has 0 fully saturated rings. The summed E-state index contributed by atoms with van der Waals surface area (Å²) in [6.45, 7) is 3.56. The van der Waals surface area contributed by atoms with E-state index in [1.807, 2.05) is 18.4 Å². The smallest absolute Gasteiger partial charge is 0.280 e. The summed E-state index contributed by atoms with van der Waals surface area (Å²) in [5.74, 6) is 0.449. The number of hydrogen-bond acceptors (Lipinski definition) is 7. The van der Waals surface area contributed by atoms with Crippen molar-refractivity contribution in [2.75, 3.05) is 19.5 Å². The van der Waals surface area contributed by atoms with Crippen LogP contribution in [0.2, 0.25) is 0 Å². The number of sulfonamides is 1. The lowest BCUT2D eigenvalue weighted by Gasteiger charge is -2.11. The normalized spacial score (nSPS) is 11.7. The average Bonchev–Trinajstić information content (AvgIpc) is 3.23. The Morgan fingerprint density at radius 1 is 1.03 bits per heavy atom. The summed E-state index contributed by atoms with van der Waals surface area (Å²) in [6, 6.07) is 13.2. The number of benzene rings is 2. The largest absolute Gasteiger partial charge is 0.497 e. The molecule has 2 N–H and O–H groups in total. The van der Waals surface area contributed by atoms with Crippen LogP contribution in [-0.4, -0.2) is 34.3 Å². The highest BCUT2D eigenvalue weighted by atomic mass is 32.2. The third-order valence-corrected chi connectivity index (χ3v) is 6.89. The molecule has 0 radical (unpaired) electrons. The topological polar surface area (TPSA) is 106 Å². The molecule has 32 heavy (non-hydrogen) atoms. The number of methoxy groups -OCH3 is 2. The molecule has 1 amide bonds. The van der Waals surface area contributed by atoms with E-state index in [0.29, 0.717) is 27.6 Å². The van der Waals surface area contributed by atoms with Gasteiger partial charge in [0.15, 0.2) is 0 Å². The Kier molecular flexibility index (Phi) is 7.16. The predicted molar refractivity (Wildman–Crippen MR) is 126 cm³/mol. The third kappa shape index (κ3) is 5.27. The Bertz CT molecular complexity index is 1250. The number of carbonyl (C=O) groups is 1. The number of hydrazone groups is 1. The second-order valence-corrected chi connectivity index (χ2v) is 9.32. The van der Waals surface area contributed by atoms with E-state index in [4.69, 9.17) is 9.47 Å². The van der Waals surface area contributed by atoms with Crippen LogP contribution in [0.3, 0.4) is 0 Å². The summed E-state index contributed by atoms with van der Waals surface area (Å²) < 4.78 is 35.6. The Morgan fingerprint density at radius 2 is 1.75 bits per heavy atom. The van der Waals surface area contributed by atoms with Gasteiger partial charge in [-0.25, -0.2) is 0 Å². The number of ether oxygens (including phenoxy) is 2. The number of nitrogens with zero attached hydrogens (tertiary/aromatic N) is 1. The first-order valence-corrected chi connectivity index (χ1v) is 11.9. The SMILES string of the molecule is COc1ccc(S(=O)(=O)N/N=C(/C)c2ccc(NC(=O)c3sccc3C)cc2)c(OC)c1. The Balaban J connectivity index is 1.72. The lowest BCUT2D eigenvalue weighted by Crippen LogP contribution is -2.20. The van der Waals surface area contributed by atoms with E-state index in [1.54, 1.807) is 31.2 Å². The van der Waals surface area contributed by atoms with Crippen molar-refractivity contribution in [3.63, 3.8) is 0 Å². The Hall–Kier alpha value is -3.37. The van der Waals surface area contributed by atoms with Crippen molar-refractivity contribution >= 4 is 38.7 Å². The monoisotopic (exact) mass is 473 g/mol. The molecule has 0 bridgehead atoms. The summed E-state index contributed by atoms with van der Waals surface area (Å²) in [5, 5.41) is 8.73. The van der Waals surface area contributed by atoms with Crippen molar-refractivity contribution in [2.45, 2.75) is 18.7 Å². The number of carbonyl (C=O) groups excluding carboxylic acids is 1. The minimum atomic E-state index is -3.96. The van der Waals surface area contributed by atoms with Crippen molar-refractivity contribution in [3.8, 4) is 11.5 Å². The van der Waals surface area contributed by atoms with Crippen LogP contribution in [0.4, 0.5) is 5.69 Å². The minimum absolute atomic E-state index is 0.0562. The van der Waals surface area contributed by atoms with Gasteiger partial charge in [0.25, 0.3) is 15.9 Å². The van der Waals surface area contributed by atoms with Crippen molar-refractivity contribution < 1.29 is 22.7 Å². The fourth-order valence-corrected chi connectivity index (χ4v) is 4.66. The molecule has 10 heteroatoms. The molecule has 0 unspecified atom stereocenters. The zero-order chi connectivity index (χ0) is 23.3. The van der Waals surface area contributed by atoms with E-state index in [2.05, 4.69) is 15.2 Å². The number of amides is 1. The van der Waals surface area contributed by atoms with Gasteiger partial charge < -0.3 is 14.8 Å². The fourth-order valence-electron chi connectivity index (χ4n) is 2.83. The van der Waals surface area contributed by atoms with Crippen molar-refractivity contribution in [1.29, 1.82) is 0 Å². The summed E-state index contributed by atoms with van der Waals surface area (Å²) in [4.78, 5) is 15.2. The van der Waals surface area contributed by atoms with Gasteiger partial charge in [-0.1, -0.05) is 12.1 Å². The van der Waals surface area contributed by atoms with Crippen LogP contribution < -0.4 is 19.6 Å². The number of hydrogen-bond donors (Lipinski definition) is 2. The van der Waals surface area contributed by atoms with E-state index < -0.39 is 10.0 Å². The van der Waals surface area contributed by atoms with Crippen LogP contribution >= 0.6 is 11.3 Å². The van der Waals surface area contributed by atoms with E-state index in [1.165, 1.54) is 43.8 Å². The molecule has 2 aromatic carbocycles. The lowest BCUT2D eigenvalue weighted by molar-refractivity contribution is 0.103. The van der Waals surface area contributed by atoms with Gasteiger partial charge in [-0.15, -0.1) is 11.3 Å². The molecular weight excluding hydrogens is 450 g/mol. The fraction of sp³-hybridized carbons (Fsp3) is 0.182. The van der Waals surface area contributed by atoms with E-state index in [0.717, 1.165) is 5.56 Å².